The van der Waals surface area contributed by atoms with Crippen LogP contribution >= 0.6 is 0 Å². The molecule has 0 radical (unpaired) electrons. The molecule has 2 fully saturated rings. The van der Waals surface area contributed by atoms with Gasteiger partial charge >= 0.3 is 0 Å². The second kappa shape index (κ2) is 6.90. The number of ether oxygens (including phenoxy) is 2. The number of carbonyl (C=O) groups excluding carboxylic acids is 1. The van der Waals surface area contributed by atoms with Gasteiger partial charge in [0.2, 0.25) is 12.7 Å². The molecular formula is C26H31NO3. The number of carbonyl (C=O) groups is 1. The summed E-state index contributed by atoms with van der Waals surface area (Å²) >= 11 is 0. The van der Waals surface area contributed by atoms with Crippen LogP contribution in [0.1, 0.15) is 25.8 Å². The Kier molecular flexibility index (Phi) is 4.26. The zero-order valence-corrected chi connectivity index (χ0v) is 17.8. The maximum absolute atomic E-state index is 12.9. The third kappa shape index (κ3) is 2.75. The molecule has 1 aliphatic heterocycles. The first-order valence-corrected chi connectivity index (χ1v) is 11.6. The zero-order valence-electron chi connectivity index (χ0n) is 17.8. The standard InChI is InChI=1S/C26H31NO3/c1-14(2)12-27-26(28)19-5-4-16-11-21-20(18-7-6-17(19)24(16)25(18)21)9-15-3-8-22-23(10-15)30-13-29-22/h3-8,10,14,16-21,24-25H,9,11-13H2,1-2H3,(H,27,28)/t16-,17+,18-,19-,20-,21+,24-,25-/m1/s1. The topological polar surface area (TPSA) is 47.6 Å². The third-order valence-electron chi connectivity index (χ3n) is 8.34. The van der Waals surface area contributed by atoms with Crippen LogP contribution in [0.5, 0.6) is 11.5 Å². The Bertz CT molecular complexity index is 919. The van der Waals surface area contributed by atoms with E-state index in [1.165, 1.54) is 12.0 Å². The quantitative estimate of drug-likeness (QED) is 0.747. The molecule has 2 saturated carbocycles. The Morgan fingerprint density at radius 3 is 2.77 bits per heavy atom. The number of hydrogen-bond donors (Lipinski definition) is 1. The fourth-order valence-corrected chi connectivity index (χ4v) is 7.09. The second-order valence-electron chi connectivity index (χ2n) is 10.4. The predicted octanol–water partition coefficient (Wildman–Crippen LogP) is 4.22. The molecule has 0 unspecified atom stereocenters. The normalized spacial score (nSPS) is 39.0. The Balaban J connectivity index is 1.20. The number of nitrogens with one attached hydrogen (secondary N) is 1. The number of amides is 1. The Morgan fingerprint density at radius 2 is 1.90 bits per heavy atom. The molecular weight excluding hydrogens is 374 g/mol. The number of fused-ring (bicyclic) bond motifs is 1. The van der Waals surface area contributed by atoms with Crippen molar-refractivity contribution < 1.29 is 14.3 Å². The summed E-state index contributed by atoms with van der Waals surface area (Å²) in [6.07, 6.45) is 11.9. The molecule has 1 heterocycles. The van der Waals surface area contributed by atoms with Crippen LogP contribution in [0.25, 0.3) is 0 Å². The molecule has 5 aliphatic rings. The fourth-order valence-electron chi connectivity index (χ4n) is 7.09. The summed E-state index contributed by atoms with van der Waals surface area (Å²) in [5, 5.41) is 3.17. The summed E-state index contributed by atoms with van der Waals surface area (Å²) in [5.41, 5.74) is 1.36. The van der Waals surface area contributed by atoms with Crippen molar-refractivity contribution in [3.63, 3.8) is 0 Å². The summed E-state index contributed by atoms with van der Waals surface area (Å²) in [7, 11) is 0. The molecule has 0 saturated heterocycles. The number of benzene rings is 1. The molecule has 0 bridgehead atoms. The minimum atomic E-state index is 0.00820. The molecule has 4 aliphatic carbocycles. The van der Waals surface area contributed by atoms with Crippen LogP contribution < -0.4 is 14.8 Å². The van der Waals surface area contributed by atoms with Gasteiger partial charge < -0.3 is 14.8 Å². The van der Waals surface area contributed by atoms with E-state index in [2.05, 4.69) is 61.7 Å². The first kappa shape index (κ1) is 18.5. The Hall–Kier alpha value is -2.23. The van der Waals surface area contributed by atoms with Crippen LogP contribution in [0.15, 0.2) is 42.5 Å². The van der Waals surface area contributed by atoms with Crippen LogP contribution in [0, 0.1) is 53.3 Å². The number of hydrogen-bond acceptors (Lipinski definition) is 3. The van der Waals surface area contributed by atoms with Crippen molar-refractivity contribution >= 4 is 5.91 Å². The van der Waals surface area contributed by atoms with Crippen LogP contribution in [0.2, 0.25) is 0 Å². The molecule has 1 aromatic carbocycles. The van der Waals surface area contributed by atoms with Crippen molar-refractivity contribution in [1.82, 2.24) is 5.32 Å². The van der Waals surface area contributed by atoms with Gasteiger partial charge in [-0.25, -0.2) is 0 Å². The highest BCUT2D eigenvalue weighted by Crippen LogP contribution is 2.67. The van der Waals surface area contributed by atoms with Gasteiger partial charge in [-0.1, -0.05) is 44.2 Å². The van der Waals surface area contributed by atoms with E-state index in [1.807, 2.05) is 0 Å². The van der Waals surface area contributed by atoms with E-state index >= 15 is 0 Å². The summed E-state index contributed by atoms with van der Waals surface area (Å²) < 4.78 is 11.0. The number of allylic oxidation sites excluding steroid dienone is 3. The van der Waals surface area contributed by atoms with E-state index in [-0.39, 0.29) is 11.8 Å². The lowest BCUT2D eigenvalue weighted by atomic mass is 9.50. The molecule has 0 spiro atoms. The van der Waals surface area contributed by atoms with Gasteiger partial charge in [0.05, 0.1) is 5.92 Å². The van der Waals surface area contributed by atoms with Crippen molar-refractivity contribution in [3.8, 4) is 11.5 Å². The highest BCUT2D eigenvalue weighted by molar-refractivity contribution is 5.81. The molecule has 1 aromatic rings. The van der Waals surface area contributed by atoms with Crippen molar-refractivity contribution in [2.45, 2.75) is 26.7 Å². The lowest BCUT2D eigenvalue weighted by molar-refractivity contribution is -0.126. The van der Waals surface area contributed by atoms with Crippen LogP contribution in [-0.4, -0.2) is 19.2 Å². The van der Waals surface area contributed by atoms with Crippen molar-refractivity contribution in [3.05, 3.63) is 48.1 Å². The molecule has 30 heavy (non-hydrogen) atoms. The van der Waals surface area contributed by atoms with Crippen molar-refractivity contribution in [2.75, 3.05) is 13.3 Å². The lowest BCUT2D eigenvalue weighted by Gasteiger charge is -2.54. The second-order valence-corrected chi connectivity index (χ2v) is 10.4. The first-order valence-electron chi connectivity index (χ1n) is 11.6. The zero-order chi connectivity index (χ0) is 20.4. The van der Waals surface area contributed by atoms with Gasteiger partial charge in [-0.3, -0.25) is 4.79 Å². The molecule has 1 N–H and O–H groups in total. The molecule has 8 atom stereocenters. The minimum Gasteiger partial charge on any atom is -0.454 e. The highest BCUT2D eigenvalue weighted by atomic mass is 16.7. The average Bonchev–Trinajstić information content (AvgIpc) is 3.34. The maximum atomic E-state index is 12.9. The Morgan fingerprint density at radius 1 is 1.07 bits per heavy atom. The summed E-state index contributed by atoms with van der Waals surface area (Å²) in [4.78, 5) is 12.9. The molecule has 4 heteroatoms. The molecule has 4 nitrogen and oxygen atoms in total. The smallest absolute Gasteiger partial charge is 0.231 e. The van der Waals surface area contributed by atoms with Gasteiger partial charge in [-0.2, -0.15) is 0 Å². The van der Waals surface area contributed by atoms with Gasteiger partial charge in [-0.05, 0) is 77.9 Å². The van der Waals surface area contributed by atoms with E-state index in [4.69, 9.17) is 9.47 Å². The largest absolute Gasteiger partial charge is 0.454 e. The van der Waals surface area contributed by atoms with Gasteiger partial charge in [0.1, 0.15) is 0 Å². The molecule has 0 aromatic heterocycles. The van der Waals surface area contributed by atoms with Gasteiger partial charge in [0, 0.05) is 6.54 Å². The minimum absolute atomic E-state index is 0.00820. The van der Waals surface area contributed by atoms with E-state index in [0.717, 1.165) is 36.3 Å². The van der Waals surface area contributed by atoms with Crippen LogP contribution in [-0.2, 0) is 11.2 Å². The van der Waals surface area contributed by atoms with Crippen LogP contribution in [0.3, 0.4) is 0 Å². The summed E-state index contributed by atoms with van der Waals surface area (Å²) in [6, 6.07) is 6.42. The van der Waals surface area contributed by atoms with Gasteiger partial charge in [-0.15, -0.1) is 0 Å². The monoisotopic (exact) mass is 405 g/mol. The predicted molar refractivity (Wildman–Crippen MR) is 115 cm³/mol. The highest BCUT2D eigenvalue weighted by Gasteiger charge is 2.62. The molecule has 158 valence electrons. The fraction of sp³-hybridized carbons (Fsp3) is 0.577. The van der Waals surface area contributed by atoms with Crippen molar-refractivity contribution in [2.24, 2.45) is 53.3 Å². The van der Waals surface area contributed by atoms with E-state index in [9.17, 15) is 4.79 Å². The van der Waals surface area contributed by atoms with Gasteiger partial charge in [0.25, 0.3) is 0 Å². The average molecular weight is 406 g/mol. The lowest BCUT2D eigenvalue weighted by Crippen LogP contribution is -2.52. The van der Waals surface area contributed by atoms with Gasteiger partial charge in [0.15, 0.2) is 11.5 Å². The maximum Gasteiger partial charge on any atom is 0.231 e. The first-order chi connectivity index (χ1) is 14.6. The van der Waals surface area contributed by atoms with E-state index in [0.29, 0.717) is 42.3 Å². The van der Waals surface area contributed by atoms with Crippen molar-refractivity contribution in [1.29, 1.82) is 0 Å². The summed E-state index contributed by atoms with van der Waals surface area (Å²) in [6.45, 7) is 5.39. The number of rotatable bonds is 5. The SMILES string of the molecule is CC(C)CNC(=O)[C@@H]1C=C[C@@H]2C[C@H]3[C@H](Cc4ccc5c(c4)OCO5)[C@H]4C=C[C@@H]1[C@@H]2[C@H]43. The van der Waals surface area contributed by atoms with E-state index < -0.39 is 0 Å². The van der Waals surface area contributed by atoms with E-state index in [1.54, 1.807) is 0 Å². The Labute approximate surface area is 178 Å². The molecule has 6 rings (SSSR count). The molecule has 1 amide bonds. The van der Waals surface area contributed by atoms with Crippen LogP contribution in [0.4, 0.5) is 0 Å². The summed E-state index contributed by atoms with van der Waals surface area (Å²) in [5.74, 6) is 7.05. The third-order valence-corrected chi connectivity index (χ3v) is 8.34.